The smallest absolute Gasteiger partial charge is 0.231 e. The van der Waals surface area contributed by atoms with Crippen LogP contribution in [0.25, 0.3) is 0 Å². The Bertz CT molecular complexity index is 908. The lowest BCUT2D eigenvalue weighted by Gasteiger charge is -2.42. The second-order valence-electron chi connectivity index (χ2n) is 7.91. The molecule has 0 bridgehead atoms. The van der Waals surface area contributed by atoms with Gasteiger partial charge in [0.15, 0.2) is 29.2 Å². The van der Waals surface area contributed by atoms with Gasteiger partial charge in [-0.05, 0) is 25.0 Å². The van der Waals surface area contributed by atoms with Crippen LogP contribution in [0.3, 0.4) is 0 Å². The molecular weight excluding hydrogens is 370 g/mol. The Hall–Kier alpha value is -2.60. The van der Waals surface area contributed by atoms with Gasteiger partial charge in [-0.1, -0.05) is 19.1 Å². The Kier molecular flexibility index (Phi) is 4.66. The average molecular weight is 397 g/mol. The van der Waals surface area contributed by atoms with Crippen molar-refractivity contribution in [3.8, 4) is 28.7 Å². The van der Waals surface area contributed by atoms with Crippen LogP contribution in [0, 0.1) is 5.92 Å². The molecule has 3 heterocycles. The number of para-hydroxylation sites is 1. The van der Waals surface area contributed by atoms with Crippen LogP contribution in [0.15, 0.2) is 30.3 Å². The summed E-state index contributed by atoms with van der Waals surface area (Å²) in [5, 5.41) is 0. The molecule has 3 atom stereocenters. The highest BCUT2D eigenvalue weighted by atomic mass is 16.7. The largest absolute Gasteiger partial charge is 0.493 e. The van der Waals surface area contributed by atoms with E-state index in [9.17, 15) is 0 Å². The normalized spacial score (nSPS) is 25.4. The van der Waals surface area contributed by atoms with Crippen LogP contribution in [0.5, 0.6) is 28.7 Å². The second kappa shape index (κ2) is 7.34. The van der Waals surface area contributed by atoms with E-state index in [4.69, 9.17) is 23.7 Å². The number of benzene rings is 2. The molecule has 0 saturated carbocycles. The minimum Gasteiger partial charge on any atom is -0.493 e. The molecule has 0 radical (unpaired) electrons. The minimum absolute atomic E-state index is 0.00581. The average Bonchev–Trinajstić information content (AvgIpc) is 3.43. The summed E-state index contributed by atoms with van der Waals surface area (Å²) in [5.74, 6) is 4.20. The molecule has 5 rings (SSSR count). The third-order valence-electron chi connectivity index (χ3n) is 6.33. The van der Waals surface area contributed by atoms with Crippen LogP contribution in [-0.4, -0.2) is 45.2 Å². The van der Waals surface area contributed by atoms with Crippen molar-refractivity contribution in [3.63, 3.8) is 0 Å². The lowest BCUT2D eigenvalue weighted by Crippen LogP contribution is -2.47. The predicted molar refractivity (Wildman–Crippen MR) is 108 cm³/mol. The summed E-state index contributed by atoms with van der Waals surface area (Å²) < 4.78 is 29.2. The van der Waals surface area contributed by atoms with Crippen LogP contribution >= 0.6 is 0 Å². The molecule has 0 N–H and O–H groups in total. The second-order valence-corrected chi connectivity index (χ2v) is 7.91. The number of hydrogen-bond donors (Lipinski definition) is 0. The van der Waals surface area contributed by atoms with Crippen molar-refractivity contribution in [2.75, 3.05) is 34.1 Å². The zero-order valence-electron chi connectivity index (χ0n) is 17.1. The van der Waals surface area contributed by atoms with E-state index < -0.39 is 0 Å². The minimum atomic E-state index is 0.00581. The number of rotatable bonds is 4. The van der Waals surface area contributed by atoms with Gasteiger partial charge in [-0.2, -0.15) is 0 Å². The maximum atomic E-state index is 6.55. The van der Waals surface area contributed by atoms with Crippen molar-refractivity contribution in [3.05, 3.63) is 41.5 Å². The summed E-state index contributed by atoms with van der Waals surface area (Å²) in [6.45, 7) is 4.64. The van der Waals surface area contributed by atoms with Crippen LogP contribution in [0.2, 0.25) is 0 Å². The number of fused-ring (bicyclic) bond motifs is 2. The SMILES string of the molecule is COc1cccc([C@H]2c3cc4c(cc3O[C@H](N3CCCC3)[C@H]2C)OCO4)c1OC. The molecule has 0 unspecified atom stereocenters. The standard InChI is InChI=1S/C23H27NO5/c1-14-21(15-7-6-8-17(25-2)22(15)26-3)16-11-19-20(28-13-27-19)12-18(16)29-23(14)24-9-4-5-10-24/h6-8,11-12,14,21,23H,4-5,9-10,13H2,1-3H3/t14-,21-,23-/m0/s1. The van der Waals surface area contributed by atoms with Gasteiger partial charge in [0.1, 0.15) is 5.75 Å². The Balaban J connectivity index is 1.67. The molecule has 2 aromatic carbocycles. The summed E-state index contributed by atoms with van der Waals surface area (Å²) >= 11 is 0. The van der Waals surface area contributed by atoms with Crippen molar-refractivity contribution in [2.24, 2.45) is 5.92 Å². The van der Waals surface area contributed by atoms with E-state index in [0.29, 0.717) is 0 Å². The zero-order valence-corrected chi connectivity index (χ0v) is 17.1. The van der Waals surface area contributed by atoms with Crippen molar-refractivity contribution >= 4 is 0 Å². The molecule has 3 aliphatic rings. The summed E-state index contributed by atoms with van der Waals surface area (Å²) in [4.78, 5) is 2.46. The molecule has 1 saturated heterocycles. The molecule has 154 valence electrons. The summed E-state index contributed by atoms with van der Waals surface area (Å²) in [6, 6.07) is 10.1. The lowest BCUT2D eigenvalue weighted by atomic mass is 9.77. The molecule has 6 nitrogen and oxygen atoms in total. The fraction of sp³-hybridized carbons (Fsp3) is 0.478. The van der Waals surface area contributed by atoms with E-state index >= 15 is 0 Å². The third kappa shape index (κ3) is 2.97. The van der Waals surface area contributed by atoms with Gasteiger partial charge in [0.25, 0.3) is 0 Å². The first-order valence-electron chi connectivity index (χ1n) is 10.3. The van der Waals surface area contributed by atoms with E-state index in [1.54, 1.807) is 14.2 Å². The molecule has 3 aliphatic heterocycles. The van der Waals surface area contributed by atoms with Gasteiger partial charge in [0.05, 0.1) is 14.2 Å². The van der Waals surface area contributed by atoms with Gasteiger partial charge in [0, 0.05) is 42.1 Å². The molecule has 1 fully saturated rings. The van der Waals surface area contributed by atoms with Crippen LogP contribution in [0.1, 0.15) is 36.8 Å². The first-order chi connectivity index (χ1) is 14.2. The molecular formula is C23H27NO5. The molecule has 6 heteroatoms. The summed E-state index contributed by atoms with van der Waals surface area (Å²) in [5.41, 5.74) is 2.20. The Morgan fingerprint density at radius 3 is 2.41 bits per heavy atom. The summed E-state index contributed by atoms with van der Waals surface area (Å²) in [6.07, 6.45) is 2.44. The monoisotopic (exact) mass is 397 g/mol. The molecule has 2 aromatic rings. The van der Waals surface area contributed by atoms with Crippen molar-refractivity contribution in [1.29, 1.82) is 0 Å². The number of hydrogen-bond acceptors (Lipinski definition) is 6. The van der Waals surface area contributed by atoms with Gasteiger partial charge < -0.3 is 23.7 Å². The highest BCUT2D eigenvalue weighted by Crippen LogP contribution is 2.52. The van der Waals surface area contributed by atoms with E-state index in [0.717, 1.165) is 53.0 Å². The number of likely N-dealkylation sites (tertiary alicyclic amines) is 1. The van der Waals surface area contributed by atoms with Gasteiger partial charge in [-0.25, -0.2) is 0 Å². The van der Waals surface area contributed by atoms with E-state index in [-0.39, 0.29) is 24.9 Å². The van der Waals surface area contributed by atoms with Gasteiger partial charge in [-0.15, -0.1) is 0 Å². The quantitative estimate of drug-likeness (QED) is 0.777. The molecule has 0 aromatic heterocycles. The molecule has 0 amide bonds. The third-order valence-corrected chi connectivity index (χ3v) is 6.33. The number of methoxy groups -OCH3 is 2. The lowest BCUT2D eigenvalue weighted by molar-refractivity contribution is -0.0180. The maximum Gasteiger partial charge on any atom is 0.231 e. The first kappa shape index (κ1) is 18.4. The Morgan fingerprint density at radius 1 is 0.931 bits per heavy atom. The number of ether oxygens (including phenoxy) is 5. The highest BCUT2D eigenvalue weighted by molar-refractivity contribution is 5.59. The van der Waals surface area contributed by atoms with Crippen LogP contribution in [-0.2, 0) is 0 Å². The molecule has 29 heavy (non-hydrogen) atoms. The topological polar surface area (TPSA) is 49.4 Å². The van der Waals surface area contributed by atoms with E-state index in [1.807, 2.05) is 18.2 Å². The summed E-state index contributed by atoms with van der Waals surface area (Å²) in [7, 11) is 3.37. The van der Waals surface area contributed by atoms with Gasteiger partial charge in [-0.3, -0.25) is 4.90 Å². The van der Waals surface area contributed by atoms with Crippen molar-refractivity contribution in [1.82, 2.24) is 4.90 Å². The highest BCUT2D eigenvalue weighted by Gasteiger charge is 2.42. The van der Waals surface area contributed by atoms with E-state index in [1.165, 1.54) is 12.8 Å². The van der Waals surface area contributed by atoms with Crippen molar-refractivity contribution in [2.45, 2.75) is 31.9 Å². The van der Waals surface area contributed by atoms with Crippen LogP contribution in [0.4, 0.5) is 0 Å². The molecule has 0 spiro atoms. The van der Waals surface area contributed by atoms with E-state index in [2.05, 4.69) is 24.0 Å². The Morgan fingerprint density at radius 2 is 1.69 bits per heavy atom. The Labute approximate surface area is 171 Å². The molecule has 0 aliphatic carbocycles. The van der Waals surface area contributed by atoms with Crippen LogP contribution < -0.4 is 23.7 Å². The first-order valence-corrected chi connectivity index (χ1v) is 10.3. The zero-order chi connectivity index (χ0) is 20.0. The van der Waals surface area contributed by atoms with Gasteiger partial charge >= 0.3 is 0 Å². The van der Waals surface area contributed by atoms with Gasteiger partial charge in [0.2, 0.25) is 6.79 Å². The predicted octanol–water partition coefficient (Wildman–Crippen LogP) is 4.01. The maximum absolute atomic E-state index is 6.55. The number of nitrogens with zero attached hydrogens (tertiary/aromatic N) is 1. The van der Waals surface area contributed by atoms with Crippen molar-refractivity contribution < 1.29 is 23.7 Å². The fourth-order valence-corrected chi connectivity index (χ4v) is 4.98. The fourth-order valence-electron chi connectivity index (χ4n) is 4.98.